The van der Waals surface area contributed by atoms with E-state index in [2.05, 4.69) is 30.8 Å². The number of anilines is 1. The Kier molecular flexibility index (Phi) is 7.54. The zero-order valence-corrected chi connectivity index (χ0v) is 17.7. The molecule has 0 spiro atoms. The largest absolute Gasteiger partial charge is 0.368 e. The van der Waals surface area contributed by atoms with Gasteiger partial charge in [0.2, 0.25) is 5.91 Å². The van der Waals surface area contributed by atoms with Crippen molar-refractivity contribution >= 4 is 29.0 Å². The molecular formula is C20H28N6O2S. The van der Waals surface area contributed by atoms with Crippen molar-refractivity contribution in [3.05, 3.63) is 40.5 Å². The van der Waals surface area contributed by atoms with E-state index in [9.17, 15) is 9.59 Å². The van der Waals surface area contributed by atoms with Crippen LogP contribution in [-0.2, 0) is 4.79 Å². The molecule has 0 bridgehead atoms. The van der Waals surface area contributed by atoms with Gasteiger partial charge in [-0.2, -0.15) is 0 Å². The zero-order valence-electron chi connectivity index (χ0n) is 16.9. The number of hydrogen-bond donors (Lipinski definition) is 3. The van der Waals surface area contributed by atoms with E-state index in [4.69, 9.17) is 0 Å². The Morgan fingerprint density at radius 1 is 1.28 bits per heavy atom. The second kappa shape index (κ2) is 10.3. The summed E-state index contributed by atoms with van der Waals surface area (Å²) in [6.07, 6.45) is 4.85. The minimum absolute atomic E-state index is 0.0289. The fourth-order valence-electron chi connectivity index (χ4n) is 3.51. The molecule has 156 valence electrons. The van der Waals surface area contributed by atoms with Crippen LogP contribution >= 0.6 is 11.3 Å². The molecule has 8 nitrogen and oxygen atoms in total. The molecule has 9 heteroatoms. The van der Waals surface area contributed by atoms with E-state index in [1.165, 1.54) is 11.3 Å². The number of pyridine rings is 1. The zero-order chi connectivity index (χ0) is 20.6. The van der Waals surface area contributed by atoms with Crippen LogP contribution in [0.3, 0.4) is 0 Å². The lowest BCUT2D eigenvalue weighted by Gasteiger charge is -2.21. The monoisotopic (exact) mass is 416 g/mol. The molecule has 3 rings (SSSR count). The molecule has 1 aliphatic rings. The molecule has 0 unspecified atom stereocenters. The summed E-state index contributed by atoms with van der Waals surface area (Å²) >= 11 is 1.33. The van der Waals surface area contributed by atoms with Crippen molar-refractivity contribution in [2.75, 3.05) is 38.5 Å². The van der Waals surface area contributed by atoms with Crippen molar-refractivity contribution in [2.45, 2.75) is 25.8 Å². The number of aromatic nitrogens is 2. The van der Waals surface area contributed by atoms with Crippen LogP contribution in [0.2, 0.25) is 0 Å². The van der Waals surface area contributed by atoms with E-state index in [1.807, 2.05) is 26.1 Å². The third kappa shape index (κ3) is 6.23. The Balaban J connectivity index is 1.43. The van der Waals surface area contributed by atoms with E-state index < -0.39 is 0 Å². The topological polar surface area (TPSA) is 99.2 Å². The summed E-state index contributed by atoms with van der Waals surface area (Å²) < 4.78 is 0. The first-order valence-corrected chi connectivity index (χ1v) is 10.7. The normalized spacial score (nSPS) is 19.9. The number of aryl methyl sites for hydroxylation is 1. The van der Waals surface area contributed by atoms with Crippen molar-refractivity contribution in [3.8, 4) is 0 Å². The third-order valence-electron chi connectivity index (χ3n) is 5.02. The molecule has 1 fully saturated rings. The number of nitrogens with one attached hydrogen (secondary N) is 3. The number of thiazole rings is 1. The number of likely N-dealkylation sites (tertiary alicyclic amines) is 1. The maximum absolute atomic E-state index is 12.6. The van der Waals surface area contributed by atoms with E-state index in [1.54, 1.807) is 17.9 Å². The molecule has 2 aromatic rings. The number of nitrogens with zero attached hydrogens (tertiary/aromatic N) is 3. The smallest absolute Gasteiger partial charge is 0.263 e. The summed E-state index contributed by atoms with van der Waals surface area (Å²) in [5, 5.41) is 9.33. The molecule has 0 aromatic carbocycles. The van der Waals surface area contributed by atoms with Gasteiger partial charge in [-0.1, -0.05) is 6.07 Å². The molecule has 1 saturated heterocycles. The molecule has 29 heavy (non-hydrogen) atoms. The van der Waals surface area contributed by atoms with E-state index >= 15 is 0 Å². The fraction of sp³-hybridized carbons (Fsp3) is 0.500. The number of carbonyl (C=O) groups is 2. The van der Waals surface area contributed by atoms with Crippen LogP contribution in [0.25, 0.3) is 0 Å². The molecule has 0 aliphatic carbocycles. The van der Waals surface area contributed by atoms with Gasteiger partial charge in [0.15, 0.2) is 0 Å². The van der Waals surface area contributed by atoms with Crippen molar-refractivity contribution in [1.82, 2.24) is 25.5 Å². The van der Waals surface area contributed by atoms with Crippen LogP contribution in [0.15, 0.2) is 30.0 Å². The lowest BCUT2D eigenvalue weighted by molar-refractivity contribution is -0.125. The van der Waals surface area contributed by atoms with Gasteiger partial charge in [-0.25, -0.2) is 4.98 Å². The van der Waals surface area contributed by atoms with Gasteiger partial charge >= 0.3 is 0 Å². The van der Waals surface area contributed by atoms with Crippen molar-refractivity contribution < 1.29 is 9.59 Å². The van der Waals surface area contributed by atoms with Crippen molar-refractivity contribution in [1.29, 1.82) is 0 Å². The van der Waals surface area contributed by atoms with Gasteiger partial charge in [-0.15, -0.1) is 11.3 Å². The first kappa shape index (κ1) is 21.2. The number of likely N-dealkylation sites (N-methyl/N-ethyl adjacent to an activating group) is 1. The minimum atomic E-state index is -0.0929. The summed E-state index contributed by atoms with van der Waals surface area (Å²) in [4.78, 5) is 35.9. The maximum Gasteiger partial charge on any atom is 0.263 e. The summed E-state index contributed by atoms with van der Waals surface area (Å²) in [7, 11) is 1.99. The molecule has 3 N–H and O–H groups in total. The lowest BCUT2D eigenvalue weighted by Crippen LogP contribution is -2.42. The standard InChI is InChI=1S/C20H28N6O2S/c1-14-4-3-7-22-18(14)23-8-9-24-19(27)15-5-6-16(12-26(2)11-15)25-20(28)17-10-21-13-29-17/h3-4,7,10,13,15-16H,5-6,8-9,11-12H2,1-2H3,(H,22,23)(H,24,27)(H,25,28)/t15-,16+/m1/s1. The summed E-state index contributed by atoms with van der Waals surface area (Å²) in [5.74, 6) is 0.730. The Labute approximate surface area is 175 Å². The molecule has 2 atom stereocenters. The van der Waals surface area contributed by atoms with Crippen LogP contribution in [0, 0.1) is 12.8 Å². The highest BCUT2D eigenvalue weighted by Gasteiger charge is 2.27. The highest BCUT2D eigenvalue weighted by Crippen LogP contribution is 2.17. The molecule has 0 saturated carbocycles. The van der Waals surface area contributed by atoms with Gasteiger partial charge in [0, 0.05) is 38.4 Å². The van der Waals surface area contributed by atoms with Gasteiger partial charge in [0.1, 0.15) is 10.7 Å². The number of rotatable bonds is 7. The second-order valence-electron chi connectivity index (χ2n) is 7.42. The number of amides is 2. The molecule has 0 radical (unpaired) electrons. The van der Waals surface area contributed by atoms with Crippen LogP contribution < -0.4 is 16.0 Å². The fourth-order valence-corrected chi connectivity index (χ4v) is 4.03. The predicted molar refractivity (Wildman–Crippen MR) is 114 cm³/mol. The Bertz CT molecular complexity index is 813. The molecule has 2 amide bonds. The van der Waals surface area contributed by atoms with E-state index in [-0.39, 0.29) is 23.8 Å². The van der Waals surface area contributed by atoms with E-state index in [0.29, 0.717) is 24.5 Å². The summed E-state index contributed by atoms with van der Waals surface area (Å²) in [6, 6.07) is 3.93. The van der Waals surface area contributed by atoms with Gasteiger partial charge in [0.25, 0.3) is 5.91 Å². The van der Waals surface area contributed by atoms with Crippen molar-refractivity contribution in [3.63, 3.8) is 0 Å². The van der Waals surface area contributed by atoms with Gasteiger partial charge in [-0.05, 0) is 38.4 Å². The summed E-state index contributed by atoms with van der Waals surface area (Å²) in [5.41, 5.74) is 2.73. The van der Waals surface area contributed by atoms with Crippen molar-refractivity contribution in [2.24, 2.45) is 5.92 Å². The summed E-state index contributed by atoms with van der Waals surface area (Å²) in [6.45, 7) is 4.58. The van der Waals surface area contributed by atoms with Crippen LogP contribution in [0.4, 0.5) is 5.82 Å². The Morgan fingerprint density at radius 3 is 2.90 bits per heavy atom. The van der Waals surface area contributed by atoms with Gasteiger partial charge in [-0.3, -0.25) is 14.6 Å². The van der Waals surface area contributed by atoms with Crippen LogP contribution in [0.1, 0.15) is 28.1 Å². The molecule has 3 heterocycles. The van der Waals surface area contributed by atoms with Crippen LogP contribution in [-0.4, -0.2) is 66.0 Å². The average molecular weight is 417 g/mol. The predicted octanol–water partition coefficient (Wildman–Crippen LogP) is 1.52. The average Bonchev–Trinajstić information content (AvgIpc) is 3.17. The molecular weight excluding hydrogens is 388 g/mol. The first-order chi connectivity index (χ1) is 14.0. The number of hydrogen-bond acceptors (Lipinski definition) is 7. The Morgan fingerprint density at radius 2 is 2.14 bits per heavy atom. The highest BCUT2D eigenvalue weighted by molar-refractivity contribution is 7.11. The third-order valence-corrected chi connectivity index (χ3v) is 5.79. The maximum atomic E-state index is 12.6. The molecule has 1 aliphatic heterocycles. The van der Waals surface area contributed by atoms with Gasteiger partial charge in [0.05, 0.1) is 17.6 Å². The first-order valence-electron chi connectivity index (χ1n) is 9.84. The SMILES string of the molecule is Cc1cccnc1NCCNC(=O)[C@@H]1CC[C@H](NC(=O)c2cncs2)CN(C)C1. The lowest BCUT2D eigenvalue weighted by atomic mass is 10.0. The minimum Gasteiger partial charge on any atom is -0.368 e. The second-order valence-corrected chi connectivity index (χ2v) is 8.30. The number of carbonyl (C=O) groups excluding carboxylic acids is 2. The van der Waals surface area contributed by atoms with Gasteiger partial charge < -0.3 is 20.9 Å². The highest BCUT2D eigenvalue weighted by atomic mass is 32.1. The van der Waals surface area contributed by atoms with E-state index in [0.717, 1.165) is 30.8 Å². The Hall–Kier alpha value is -2.52. The van der Waals surface area contributed by atoms with Crippen LogP contribution in [0.5, 0.6) is 0 Å². The molecule has 2 aromatic heterocycles. The quantitative estimate of drug-likeness (QED) is 0.592.